The molecule has 0 N–H and O–H groups in total. The fourth-order valence-corrected chi connectivity index (χ4v) is 5.15. The molecule has 47 heavy (non-hydrogen) atoms. The first-order valence-electron chi connectivity index (χ1n) is 17.0. The lowest BCUT2D eigenvalue weighted by Crippen LogP contribution is -2.21. The first kappa shape index (κ1) is 36.6. The molecule has 0 amide bonds. The molecule has 2 aromatic carbocycles. The minimum atomic E-state index is 0.0180. The Kier molecular flexibility index (Phi) is 15.3. The molecule has 0 saturated heterocycles. The summed E-state index contributed by atoms with van der Waals surface area (Å²) in [5.41, 5.74) is 4.58. The van der Waals surface area contributed by atoms with Crippen LogP contribution in [0, 0.1) is 22.7 Å². The summed E-state index contributed by atoms with van der Waals surface area (Å²) in [5, 5.41) is 19.3. The van der Waals surface area contributed by atoms with Crippen molar-refractivity contribution >= 4 is 23.5 Å². The summed E-state index contributed by atoms with van der Waals surface area (Å²) in [4.78, 5) is 4.58. The van der Waals surface area contributed by atoms with Crippen LogP contribution in [0.1, 0.15) is 78.4 Å². The molecule has 0 atom stereocenters. The van der Waals surface area contributed by atoms with E-state index < -0.39 is 0 Å². The van der Waals surface area contributed by atoms with Gasteiger partial charge in [0.05, 0.1) is 13.2 Å². The Labute approximate surface area is 282 Å². The number of benzene rings is 2. The molecular weight excluding hydrogens is 584 g/mol. The van der Waals surface area contributed by atoms with Gasteiger partial charge < -0.3 is 24.0 Å². The fraction of sp³-hybridized carbons (Fsp3) is 0.400. The number of nitrogens with zero attached hydrogens (tertiary/aromatic N) is 4. The molecular formula is C40H50N4O3. The third kappa shape index (κ3) is 10.6. The molecule has 7 nitrogen and oxygen atoms in total. The van der Waals surface area contributed by atoms with E-state index >= 15 is 0 Å². The highest BCUT2D eigenvalue weighted by molar-refractivity contribution is 5.67. The average Bonchev–Trinajstić information content (AvgIpc) is 3.09. The smallest absolute Gasteiger partial charge is 0.137 e. The molecule has 0 fully saturated rings. The standard InChI is InChI=1S/C40H50N4O3/c1-7-13-23-45-39-27-35(43(9-3)10-4)19-15-31(39)17-21-37-25-33(34(29-41)30-42)26-38(47-37)22-18-32-16-20-36(44(11-5)12-6)28-40(32)46-24-14-8-2/h15-22,25-28H,7-14,23-24H2,1-6H3/b21-17+,22-18+. The van der Waals surface area contributed by atoms with Gasteiger partial charge in [-0.1, -0.05) is 26.7 Å². The second-order valence-electron chi connectivity index (χ2n) is 11.1. The highest BCUT2D eigenvalue weighted by Gasteiger charge is 2.14. The summed E-state index contributed by atoms with van der Waals surface area (Å²) >= 11 is 0. The van der Waals surface area contributed by atoms with Crippen molar-refractivity contribution in [1.82, 2.24) is 0 Å². The van der Waals surface area contributed by atoms with E-state index in [1.807, 2.05) is 36.4 Å². The quantitative estimate of drug-likeness (QED) is 0.119. The van der Waals surface area contributed by atoms with Crippen molar-refractivity contribution in [2.45, 2.75) is 67.2 Å². The molecule has 1 aliphatic heterocycles. The predicted molar refractivity (Wildman–Crippen MR) is 194 cm³/mol. The molecule has 0 unspecified atom stereocenters. The topological polar surface area (TPSA) is 81.8 Å². The van der Waals surface area contributed by atoms with Gasteiger partial charge in [0.15, 0.2) is 0 Å². The van der Waals surface area contributed by atoms with Gasteiger partial charge in [-0.15, -0.1) is 0 Å². The lowest BCUT2D eigenvalue weighted by atomic mass is 10.0. The highest BCUT2D eigenvalue weighted by Crippen LogP contribution is 2.31. The van der Waals surface area contributed by atoms with Gasteiger partial charge in [-0.05, 0) is 101 Å². The summed E-state index contributed by atoms with van der Waals surface area (Å²) in [6.45, 7) is 17.8. The molecule has 0 aromatic heterocycles. The largest absolute Gasteiger partial charge is 0.493 e. The third-order valence-electron chi connectivity index (χ3n) is 7.96. The van der Waals surface area contributed by atoms with Crippen molar-refractivity contribution in [3.63, 3.8) is 0 Å². The van der Waals surface area contributed by atoms with Gasteiger partial charge in [-0.2, -0.15) is 10.5 Å². The van der Waals surface area contributed by atoms with E-state index in [0.717, 1.165) is 85.9 Å². The van der Waals surface area contributed by atoms with E-state index in [0.29, 0.717) is 30.3 Å². The van der Waals surface area contributed by atoms with Gasteiger partial charge in [0, 0.05) is 66.4 Å². The van der Waals surface area contributed by atoms with Crippen LogP contribution < -0.4 is 19.3 Å². The molecule has 7 heteroatoms. The Morgan fingerprint density at radius 3 is 1.45 bits per heavy atom. The molecule has 3 rings (SSSR count). The maximum absolute atomic E-state index is 9.66. The predicted octanol–water partition coefficient (Wildman–Crippen LogP) is 9.61. The Morgan fingerprint density at radius 1 is 0.660 bits per heavy atom. The maximum Gasteiger partial charge on any atom is 0.137 e. The van der Waals surface area contributed by atoms with Crippen LogP contribution in [0.15, 0.2) is 83.4 Å². The lowest BCUT2D eigenvalue weighted by Gasteiger charge is -2.22. The molecule has 1 aliphatic rings. The molecule has 0 spiro atoms. The van der Waals surface area contributed by atoms with Crippen LogP contribution in [0.25, 0.3) is 12.2 Å². The molecule has 0 aliphatic carbocycles. The Balaban J connectivity index is 1.96. The van der Waals surface area contributed by atoms with E-state index in [1.165, 1.54) is 0 Å². The zero-order chi connectivity index (χ0) is 34.0. The van der Waals surface area contributed by atoms with E-state index in [4.69, 9.17) is 14.2 Å². The normalized spacial score (nSPS) is 12.6. The molecule has 0 radical (unpaired) electrons. The zero-order valence-corrected chi connectivity index (χ0v) is 29.0. The second-order valence-corrected chi connectivity index (χ2v) is 11.1. The number of ether oxygens (including phenoxy) is 3. The number of allylic oxidation sites excluding steroid dienone is 6. The number of hydrogen-bond donors (Lipinski definition) is 0. The number of hydrogen-bond acceptors (Lipinski definition) is 7. The molecule has 0 bridgehead atoms. The van der Waals surface area contributed by atoms with Gasteiger partial charge in [-0.25, -0.2) is 0 Å². The summed E-state index contributed by atoms with van der Waals surface area (Å²) < 4.78 is 18.7. The highest BCUT2D eigenvalue weighted by atomic mass is 16.5. The van der Waals surface area contributed by atoms with Gasteiger partial charge in [0.1, 0.15) is 40.7 Å². The minimum absolute atomic E-state index is 0.0180. The van der Waals surface area contributed by atoms with Gasteiger partial charge in [-0.3, -0.25) is 0 Å². The summed E-state index contributed by atoms with van der Waals surface area (Å²) in [6, 6.07) is 16.5. The molecule has 248 valence electrons. The van der Waals surface area contributed by atoms with Crippen LogP contribution in [0.4, 0.5) is 11.4 Å². The van der Waals surface area contributed by atoms with Crippen molar-refractivity contribution in [1.29, 1.82) is 10.5 Å². The lowest BCUT2D eigenvalue weighted by molar-refractivity contribution is 0.308. The van der Waals surface area contributed by atoms with E-state index in [-0.39, 0.29) is 5.57 Å². The van der Waals surface area contributed by atoms with Crippen molar-refractivity contribution in [3.05, 3.63) is 94.5 Å². The second kappa shape index (κ2) is 19.6. The van der Waals surface area contributed by atoms with Crippen LogP contribution >= 0.6 is 0 Å². The van der Waals surface area contributed by atoms with Gasteiger partial charge in [0.2, 0.25) is 0 Å². The first-order valence-corrected chi connectivity index (χ1v) is 17.0. The average molecular weight is 635 g/mol. The first-order chi connectivity index (χ1) is 22.9. The van der Waals surface area contributed by atoms with E-state index in [1.54, 1.807) is 12.2 Å². The maximum atomic E-state index is 9.66. The molecule has 0 saturated carbocycles. The Hall–Kier alpha value is -4.88. The van der Waals surface area contributed by atoms with Crippen LogP contribution in [-0.4, -0.2) is 39.4 Å². The monoisotopic (exact) mass is 634 g/mol. The van der Waals surface area contributed by atoms with E-state index in [2.05, 4.69) is 87.7 Å². The van der Waals surface area contributed by atoms with Crippen LogP contribution in [0.3, 0.4) is 0 Å². The number of unbranched alkanes of at least 4 members (excludes halogenated alkanes) is 2. The van der Waals surface area contributed by atoms with Gasteiger partial charge in [0.25, 0.3) is 0 Å². The van der Waals surface area contributed by atoms with Crippen molar-refractivity contribution in [2.75, 3.05) is 49.2 Å². The SMILES string of the molecule is CCCCOc1cc(N(CC)CC)ccc1/C=C/C1=CC(=C(C#N)C#N)C=C(/C=C/c2ccc(N(CC)CC)cc2OCCCC)O1. The molecule has 1 heterocycles. The van der Waals surface area contributed by atoms with Crippen molar-refractivity contribution in [2.24, 2.45) is 0 Å². The molecule has 2 aromatic rings. The Bertz CT molecular complexity index is 1450. The summed E-state index contributed by atoms with van der Waals surface area (Å²) in [5.74, 6) is 2.63. The van der Waals surface area contributed by atoms with Crippen molar-refractivity contribution < 1.29 is 14.2 Å². The summed E-state index contributed by atoms with van der Waals surface area (Å²) in [6.07, 6.45) is 15.1. The fourth-order valence-electron chi connectivity index (χ4n) is 5.15. The number of anilines is 2. The summed E-state index contributed by atoms with van der Waals surface area (Å²) in [7, 11) is 0. The zero-order valence-electron chi connectivity index (χ0n) is 29.0. The van der Waals surface area contributed by atoms with Crippen molar-refractivity contribution in [3.8, 4) is 23.6 Å². The third-order valence-corrected chi connectivity index (χ3v) is 7.96. The number of nitriles is 2. The van der Waals surface area contributed by atoms with Crippen LogP contribution in [0.2, 0.25) is 0 Å². The Morgan fingerprint density at radius 2 is 1.09 bits per heavy atom. The van der Waals surface area contributed by atoms with E-state index in [9.17, 15) is 10.5 Å². The van der Waals surface area contributed by atoms with Gasteiger partial charge >= 0.3 is 0 Å². The van der Waals surface area contributed by atoms with Crippen LogP contribution in [-0.2, 0) is 4.74 Å². The number of rotatable bonds is 18. The van der Waals surface area contributed by atoms with Crippen LogP contribution in [0.5, 0.6) is 11.5 Å². The minimum Gasteiger partial charge on any atom is -0.493 e.